The van der Waals surface area contributed by atoms with E-state index in [4.69, 9.17) is 5.10 Å². The average Bonchev–Trinajstić information content (AvgIpc) is 0.856. The minimum atomic E-state index is -0.00340. The summed E-state index contributed by atoms with van der Waals surface area (Å²) < 4.78 is 1.99. The number of pyridine rings is 4. The van der Waals surface area contributed by atoms with Crippen LogP contribution in [0, 0.1) is 77.7 Å². The molecular weight excluding hydrogens is 2020 g/mol. The second kappa shape index (κ2) is 31.8. The van der Waals surface area contributed by atoms with Crippen molar-refractivity contribution in [1.82, 2.24) is 34.7 Å². The van der Waals surface area contributed by atoms with Crippen LogP contribution in [0.3, 0.4) is 0 Å². The first-order valence-corrected chi connectivity index (χ1v) is 39.9. The molecule has 0 radical (unpaired) electrons. The zero-order valence-electron chi connectivity index (χ0n) is 66.6. The maximum Gasteiger partial charge on any atom is 2.00 e. The maximum absolute atomic E-state index is 4.77. The topological polar surface area (TPSA) is 97.9 Å². The molecule has 0 atom stereocenters. The minimum Gasteiger partial charge on any atom is -0.483 e. The Morgan fingerprint density at radius 3 is 0.917 bits per heavy atom. The molecule has 12 nitrogen and oxygen atoms in total. The smallest absolute Gasteiger partial charge is 0.483 e. The van der Waals surface area contributed by atoms with Gasteiger partial charge in [0.2, 0.25) is 0 Å². The summed E-state index contributed by atoms with van der Waals surface area (Å²) in [6.45, 7) is 12.4. The number of hydrazone groups is 1. The molecule has 0 spiro atoms. The van der Waals surface area contributed by atoms with E-state index >= 15 is 0 Å². The van der Waals surface area contributed by atoms with Crippen LogP contribution in [0.5, 0.6) is 0 Å². The first-order valence-electron chi connectivity index (χ1n) is 39.9. The van der Waals surface area contributed by atoms with E-state index < -0.39 is 0 Å². The molecule has 18 heteroatoms. The van der Waals surface area contributed by atoms with E-state index in [9.17, 15) is 0 Å². The van der Waals surface area contributed by atoms with Crippen molar-refractivity contribution < 1.29 is 63.2 Å². The molecule has 7 aliphatic heterocycles. The van der Waals surface area contributed by atoms with Crippen molar-refractivity contribution in [1.29, 1.82) is 0 Å². The van der Waals surface area contributed by atoms with E-state index in [1.54, 1.807) is 5.01 Å². The molecule has 0 aliphatic carbocycles. The molecule has 7 aliphatic rings. The summed E-state index contributed by atoms with van der Waals surface area (Å²) in [6, 6.07) is 122. The van der Waals surface area contributed by atoms with E-state index in [0.717, 1.165) is 119 Å². The standard InChI is InChI=1S/C36H24BN3.C35H25BN4.C32H21BN5.3Pt/c1-23-15-17-38-33(19-23)25-11-13-29-27-7-3-5-9-31(27)37-32-10-6-4-8-28(32)30-14-12-26(34-20-24(2)16-18-39-34)22-36(30)40(37)35(29)21-25;1-22-16-17-37-33(18-22)25-12-14-29-27-8-4-6-10-31(27)36-32-11-7-5-9-28(32)30-15-13-26(40-24(3)19-23(2)38-40)21-35(30)39(36)34(29)20-25;1-36-21-37(20-35-36)23-14-16-27-25-9-3-5-11-29(25)33-28-10-4-2-8-24(28)26-15-13-22(30-12-6-7-17-34-30)18-31(26)38(33)32(27)19-23;;;/h3-20H,1-2H3;4-19H,1-3H3;2-17,20-21H,1H3;;;/q2*-2;-3;;2*+2. The van der Waals surface area contributed by atoms with Crippen LogP contribution in [0.15, 0.2) is 309 Å². The molecular formula is C103H70B3N12Pt3-3. The van der Waals surface area contributed by atoms with Crippen molar-refractivity contribution in [3.63, 3.8) is 0 Å². The van der Waals surface area contributed by atoms with Crippen molar-refractivity contribution in [3.8, 4) is 117 Å². The van der Waals surface area contributed by atoms with Crippen LogP contribution < -0.4 is 52.1 Å². The molecule has 0 N–H and O–H groups in total. The van der Waals surface area contributed by atoms with Gasteiger partial charge in [0.05, 0.1) is 12.0 Å². The maximum atomic E-state index is 4.77. The summed E-state index contributed by atoms with van der Waals surface area (Å²) in [6.07, 6.45) is 9.27. The van der Waals surface area contributed by atoms with Crippen molar-refractivity contribution in [2.75, 3.05) is 26.4 Å². The summed E-state index contributed by atoms with van der Waals surface area (Å²) in [5, 5.41) is 10.9. The third kappa shape index (κ3) is 13.4. The summed E-state index contributed by atoms with van der Waals surface area (Å²) in [7, 11) is 1.92. The van der Waals surface area contributed by atoms with Crippen LogP contribution in [-0.4, -0.2) is 68.7 Å². The fourth-order valence-electron chi connectivity index (χ4n) is 18.5. The van der Waals surface area contributed by atoms with Gasteiger partial charge in [-0.2, -0.15) is 17.2 Å². The molecule has 12 aromatic carbocycles. The summed E-state index contributed by atoms with van der Waals surface area (Å²) in [4.78, 5) is 28.0. The molecule has 0 bridgehead atoms. The number of nitrogens with zero attached hydrogens (tertiary/aromatic N) is 12. The number of anilines is 7. The van der Waals surface area contributed by atoms with Gasteiger partial charge in [0.1, 0.15) is 0 Å². The summed E-state index contributed by atoms with van der Waals surface area (Å²) >= 11 is 0. The largest absolute Gasteiger partial charge is 2.00 e. The number of benzene rings is 12. The molecule has 5 aromatic heterocycles. The number of hydrogen-bond acceptors (Lipinski definition) is 11. The van der Waals surface area contributed by atoms with E-state index in [1.807, 2.05) is 97.7 Å². The van der Waals surface area contributed by atoms with Gasteiger partial charge in [-0.1, -0.05) is 315 Å². The molecule has 0 fully saturated rings. The number of aromatic nitrogens is 6. The van der Waals surface area contributed by atoms with Gasteiger partial charge in [0.25, 0.3) is 0 Å². The Kier molecular flexibility index (Phi) is 20.6. The molecule has 0 amide bonds. The molecule has 121 heavy (non-hydrogen) atoms. The zero-order chi connectivity index (χ0) is 79.0. The first kappa shape index (κ1) is 78.2. The number of rotatable bonds is 6. The third-order valence-corrected chi connectivity index (χ3v) is 23.7. The molecule has 17 aromatic rings. The minimum absolute atomic E-state index is 0. The van der Waals surface area contributed by atoms with E-state index in [-0.39, 0.29) is 83.7 Å². The number of fused-ring (bicyclic) bond motifs is 33. The van der Waals surface area contributed by atoms with Crippen molar-refractivity contribution >= 4 is 99.5 Å². The monoisotopic (exact) mass is 2090 g/mol. The fraction of sp³-hybridized carbons (Fsp3) is 0.0583. The van der Waals surface area contributed by atoms with Gasteiger partial charge in [0, 0.05) is 51.5 Å². The van der Waals surface area contributed by atoms with E-state index in [0.29, 0.717) is 0 Å². The SMILES string of the molecule is CN1[CH-]N(c2[c-]c3c(cc2)-c2ccccc2B2c4ccccc4-c4ccc(-c5ccccn5)[c-]c4N23)C=N1.Cc1ccnc(-c2[c-]c3c(cc2)-c2ccccc2B2c4ccccc4-c4ccc(-c5cc(C)ccn5)[c-]c4N23)c1.Cc1ccnc(-c2[c-]c3c(cc2)-c2ccccc2B2c4ccccc4-c4ccc(-n5nc(C)cc5C)[c-]c4N23)c1.[Pt+2].[Pt+2].[Pt]. The molecule has 0 unspecified atom stereocenters. The van der Waals surface area contributed by atoms with Crippen LogP contribution >= 0.6 is 0 Å². The predicted octanol–water partition coefficient (Wildman–Crippen LogP) is 18.4. The predicted molar refractivity (Wildman–Crippen MR) is 483 cm³/mol. The Balaban J connectivity index is 0.000000118. The normalized spacial score (nSPS) is 13.0. The Bertz CT molecular complexity index is 6880. The number of hydrogen-bond donors (Lipinski definition) is 0. The second-order valence-electron chi connectivity index (χ2n) is 31.1. The summed E-state index contributed by atoms with van der Waals surface area (Å²) in [5.74, 6) is 0. The average molecular weight is 2090 g/mol. The van der Waals surface area contributed by atoms with E-state index in [1.165, 1.54) is 99.5 Å². The van der Waals surface area contributed by atoms with Gasteiger partial charge >= 0.3 is 62.7 Å². The van der Waals surface area contributed by atoms with Crippen LogP contribution in [0.1, 0.15) is 28.1 Å². The van der Waals surface area contributed by atoms with Gasteiger partial charge < -0.3 is 44.3 Å². The number of aryl methyl sites for hydroxylation is 5. The Labute approximate surface area is 749 Å². The van der Waals surface area contributed by atoms with Crippen LogP contribution in [-0.2, 0) is 63.2 Å². The first-order chi connectivity index (χ1) is 58.0. The van der Waals surface area contributed by atoms with Gasteiger partial charge in [-0.25, -0.2) is 5.10 Å². The Morgan fingerprint density at radius 2 is 0.603 bits per heavy atom. The van der Waals surface area contributed by atoms with Crippen molar-refractivity contribution in [2.45, 2.75) is 34.6 Å². The van der Waals surface area contributed by atoms with Crippen LogP contribution in [0.2, 0.25) is 0 Å². The van der Waals surface area contributed by atoms with Crippen LogP contribution in [0.4, 0.5) is 39.8 Å². The second-order valence-corrected chi connectivity index (χ2v) is 31.1. The van der Waals surface area contributed by atoms with Crippen molar-refractivity contribution in [3.05, 3.63) is 375 Å². The molecule has 24 rings (SSSR count). The third-order valence-electron chi connectivity index (χ3n) is 23.7. The Morgan fingerprint density at radius 1 is 0.298 bits per heavy atom. The molecule has 0 saturated heterocycles. The molecule has 584 valence electrons. The van der Waals surface area contributed by atoms with Gasteiger partial charge in [0.15, 0.2) is 0 Å². The van der Waals surface area contributed by atoms with Gasteiger partial charge in [-0.05, 0) is 100 Å². The van der Waals surface area contributed by atoms with Gasteiger partial charge in [-0.3, -0.25) is 4.68 Å². The Hall–Kier alpha value is -12.6. The van der Waals surface area contributed by atoms with E-state index in [2.05, 4.69) is 346 Å². The summed E-state index contributed by atoms with van der Waals surface area (Å²) in [5.41, 5.74) is 43.5. The fourth-order valence-corrected chi connectivity index (χ4v) is 18.5. The molecule has 12 heterocycles. The molecule has 0 saturated carbocycles. The zero-order valence-corrected chi connectivity index (χ0v) is 73.4. The van der Waals surface area contributed by atoms with Gasteiger partial charge in [-0.15, -0.1) is 143 Å². The van der Waals surface area contributed by atoms with Crippen LogP contribution in [0.25, 0.3) is 117 Å². The van der Waals surface area contributed by atoms with Crippen molar-refractivity contribution in [2.24, 2.45) is 5.10 Å². The quantitative estimate of drug-likeness (QED) is 0.118.